The highest BCUT2D eigenvalue weighted by Crippen LogP contribution is 2.20. The van der Waals surface area contributed by atoms with Gasteiger partial charge in [0, 0.05) is 18.7 Å². The third kappa shape index (κ3) is 5.95. The molecule has 7 heteroatoms. The Kier molecular flexibility index (Phi) is 7.83. The van der Waals surface area contributed by atoms with E-state index in [4.69, 9.17) is 10.5 Å². The van der Waals surface area contributed by atoms with Gasteiger partial charge in [-0.3, -0.25) is 0 Å². The van der Waals surface area contributed by atoms with Gasteiger partial charge in [-0.05, 0) is 32.1 Å². The first kappa shape index (κ1) is 19.1. The summed E-state index contributed by atoms with van der Waals surface area (Å²) in [5, 5.41) is -0.440. The van der Waals surface area contributed by atoms with E-state index in [2.05, 4.69) is 18.6 Å². The van der Waals surface area contributed by atoms with Crippen molar-refractivity contribution < 1.29 is 13.2 Å². The summed E-state index contributed by atoms with van der Waals surface area (Å²) in [4.78, 5) is 0. The zero-order valence-electron chi connectivity index (χ0n) is 12.0. The Morgan fingerprint density at radius 3 is 2.53 bits per heavy atom. The predicted octanol–water partition coefficient (Wildman–Crippen LogP) is 1.27. The van der Waals surface area contributed by atoms with E-state index in [1.807, 2.05) is 6.92 Å². The molecule has 3 N–H and O–H groups in total. The number of ether oxygens (including phenoxy) is 1. The van der Waals surface area contributed by atoms with Crippen LogP contribution in [0.1, 0.15) is 40.0 Å². The zero-order valence-corrected chi connectivity index (χ0v) is 13.6. The normalized spacial score (nSPS) is 23.7. The molecule has 1 aliphatic heterocycles. The smallest absolute Gasteiger partial charge is 0.217 e. The maximum Gasteiger partial charge on any atom is 0.217 e. The minimum absolute atomic E-state index is 0. The number of nitrogens with one attached hydrogen (secondary N) is 1. The Morgan fingerprint density at radius 2 is 2.11 bits per heavy atom. The number of sulfonamides is 1. The first-order valence-corrected chi connectivity index (χ1v) is 8.14. The lowest BCUT2D eigenvalue weighted by molar-refractivity contribution is 0.0984. The lowest BCUT2D eigenvalue weighted by Crippen LogP contribution is -2.55. The fourth-order valence-corrected chi connectivity index (χ4v) is 4.22. The molecular weight excluding hydrogens is 288 g/mol. The van der Waals surface area contributed by atoms with Crippen LogP contribution >= 0.6 is 12.4 Å². The molecule has 0 radical (unpaired) electrons. The van der Waals surface area contributed by atoms with Crippen LogP contribution in [0.2, 0.25) is 0 Å². The number of hydrogen-bond donors (Lipinski definition) is 2. The van der Waals surface area contributed by atoms with Gasteiger partial charge in [-0.25, -0.2) is 13.1 Å². The van der Waals surface area contributed by atoms with Gasteiger partial charge in [0.25, 0.3) is 0 Å². The van der Waals surface area contributed by atoms with E-state index in [1.54, 1.807) is 0 Å². The molecule has 1 heterocycles. The molecule has 0 aromatic heterocycles. The molecule has 0 saturated carbocycles. The van der Waals surface area contributed by atoms with Crippen LogP contribution < -0.4 is 10.5 Å². The lowest BCUT2D eigenvalue weighted by atomic mass is 9.92. The molecule has 19 heavy (non-hydrogen) atoms. The molecule has 1 rings (SSSR count). The van der Waals surface area contributed by atoms with Crippen molar-refractivity contribution in [3.8, 4) is 0 Å². The second kappa shape index (κ2) is 7.78. The minimum Gasteiger partial charge on any atom is -0.380 e. The third-order valence-corrected chi connectivity index (χ3v) is 5.28. The Balaban J connectivity index is 0.00000324. The van der Waals surface area contributed by atoms with Crippen molar-refractivity contribution in [1.82, 2.24) is 4.72 Å². The molecule has 0 aliphatic carbocycles. The van der Waals surface area contributed by atoms with Gasteiger partial charge in [-0.15, -0.1) is 12.4 Å². The van der Waals surface area contributed by atoms with Crippen molar-refractivity contribution in [2.24, 2.45) is 11.7 Å². The highest BCUT2D eigenvalue weighted by molar-refractivity contribution is 7.90. The average molecular weight is 315 g/mol. The van der Waals surface area contributed by atoms with E-state index >= 15 is 0 Å². The Labute approximate surface area is 123 Å². The number of hydrogen-bond acceptors (Lipinski definition) is 4. The molecule has 1 saturated heterocycles. The summed E-state index contributed by atoms with van der Waals surface area (Å²) in [6.07, 6.45) is 2.20. The standard InChI is InChI=1S/C12H26N2O3S.ClH/c1-10(2)7-12(3,9-13)14-18(15,16)11-5-4-6-17-8-11;/h10-11,14H,4-9,13H2,1-3H3;1H. The summed E-state index contributed by atoms with van der Waals surface area (Å²) in [5.74, 6) is 0.392. The topological polar surface area (TPSA) is 81.4 Å². The zero-order chi connectivity index (χ0) is 13.8. The highest BCUT2D eigenvalue weighted by Gasteiger charge is 2.35. The van der Waals surface area contributed by atoms with Gasteiger partial charge in [-0.1, -0.05) is 13.8 Å². The Morgan fingerprint density at radius 1 is 1.47 bits per heavy atom. The Hall–Kier alpha value is 0.120. The number of halogens is 1. The van der Waals surface area contributed by atoms with Gasteiger partial charge >= 0.3 is 0 Å². The fraction of sp³-hybridized carbons (Fsp3) is 1.00. The van der Waals surface area contributed by atoms with E-state index in [9.17, 15) is 8.42 Å². The van der Waals surface area contributed by atoms with Gasteiger partial charge in [0.2, 0.25) is 10.0 Å². The van der Waals surface area contributed by atoms with Crippen LogP contribution in [0.15, 0.2) is 0 Å². The van der Waals surface area contributed by atoms with Crippen molar-refractivity contribution in [3.05, 3.63) is 0 Å². The maximum absolute atomic E-state index is 12.3. The monoisotopic (exact) mass is 314 g/mol. The molecule has 0 bridgehead atoms. The quantitative estimate of drug-likeness (QED) is 0.773. The van der Waals surface area contributed by atoms with E-state index in [0.29, 0.717) is 25.5 Å². The van der Waals surface area contributed by atoms with Crippen molar-refractivity contribution in [2.75, 3.05) is 19.8 Å². The van der Waals surface area contributed by atoms with Crippen LogP contribution in [0, 0.1) is 5.92 Å². The first-order chi connectivity index (χ1) is 8.29. The van der Waals surface area contributed by atoms with Gasteiger partial charge in [0.1, 0.15) is 0 Å². The summed E-state index contributed by atoms with van der Waals surface area (Å²) in [6, 6.07) is 0. The van der Waals surface area contributed by atoms with Crippen LogP contribution in [0.5, 0.6) is 0 Å². The van der Waals surface area contributed by atoms with Crippen molar-refractivity contribution in [1.29, 1.82) is 0 Å². The van der Waals surface area contributed by atoms with E-state index < -0.39 is 20.8 Å². The second-order valence-corrected chi connectivity index (χ2v) is 7.81. The van der Waals surface area contributed by atoms with Crippen molar-refractivity contribution >= 4 is 22.4 Å². The average Bonchev–Trinajstić information content (AvgIpc) is 2.28. The fourth-order valence-electron chi connectivity index (χ4n) is 2.45. The van der Waals surface area contributed by atoms with Gasteiger partial charge < -0.3 is 10.5 Å². The molecule has 0 aromatic carbocycles. The SMILES string of the molecule is CC(C)CC(C)(CN)NS(=O)(=O)C1CCCOC1.Cl. The molecule has 5 nitrogen and oxygen atoms in total. The molecule has 0 spiro atoms. The number of rotatable bonds is 6. The molecule has 0 amide bonds. The van der Waals surface area contributed by atoms with Crippen molar-refractivity contribution in [3.63, 3.8) is 0 Å². The van der Waals surface area contributed by atoms with E-state index in [-0.39, 0.29) is 19.0 Å². The van der Waals surface area contributed by atoms with Gasteiger partial charge in [0.15, 0.2) is 0 Å². The van der Waals surface area contributed by atoms with Gasteiger partial charge in [0.05, 0.1) is 11.9 Å². The second-order valence-electron chi connectivity index (χ2n) is 5.85. The molecule has 2 unspecified atom stereocenters. The summed E-state index contributed by atoms with van der Waals surface area (Å²) < 4.78 is 32.6. The van der Waals surface area contributed by atoms with Crippen LogP contribution in [-0.4, -0.2) is 39.0 Å². The molecule has 2 atom stereocenters. The maximum atomic E-state index is 12.3. The van der Waals surface area contributed by atoms with E-state index in [0.717, 1.165) is 12.8 Å². The minimum atomic E-state index is -3.35. The van der Waals surface area contributed by atoms with E-state index in [1.165, 1.54) is 0 Å². The van der Waals surface area contributed by atoms with Crippen LogP contribution in [0.3, 0.4) is 0 Å². The van der Waals surface area contributed by atoms with Crippen LogP contribution in [-0.2, 0) is 14.8 Å². The summed E-state index contributed by atoms with van der Waals surface area (Å²) >= 11 is 0. The third-order valence-electron chi connectivity index (χ3n) is 3.26. The van der Waals surface area contributed by atoms with Gasteiger partial charge in [-0.2, -0.15) is 0 Å². The summed E-state index contributed by atoms with van der Waals surface area (Å²) in [7, 11) is -3.35. The summed E-state index contributed by atoms with van der Waals surface area (Å²) in [5.41, 5.74) is 5.17. The largest absolute Gasteiger partial charge is 0.380 e. The molecule has 116 valence electrons. The van der Waals surface area contributed by atoms with Crippen molar-refractivity contribution in [2.45, 2.75) is 50.8 Å². The molecule has 1 aliphatic rings. The predicted molar refractivity (Wildman–Crippen MR) is 80.1 cm³/mol. The summed E-state index contributed by atoms with van der Waals surface area (Å²) in [6.45, 7) is 7.24. The lowest BCUT2D eigenvalue weighted by Gasteiger charge is -2.33. The molecule has 0 aromatic rings. The number of nitrogens with two attached hydrogens (primary N) is 1. The molecular formula is C12H27ClN2O3S. The first-order valence-electron chi connectivity index (χ1n) is 6.60. The molecule has 1 fully saturated rings. The van der Waals surface area contributed by atoms with Crippen LogP contribution in [0.4, 0.5) is 0 Å². The highest BCUT2D eigenvalue weighted by atomic mass is 35.5. The Bertz CT molecular complexity index is 356. The van der Waals surface area contributed by atoms with Crippen LogP contribution in [0.25, 0.3) is 0 Å².